The predicted octanol–water partition coefficient (Wildman–Crippen LogP) is 6.83. The van der Waals surface area contributed by atoms with Crippen molar-refractivity contribution in [1.29, 1.82) is 0 Å². The first-order valence-corrected chi connectivity index (χ1v) is 18.8. The Labute approximate surface area is 244 Å². The minimum absolute atomic E-state index is 0.336. The first-order valence-electron chi connectivity index (χ1n) is 16.9. The largest absolute Gasteiger partial charge is 0.286 e. The van der Waals surface area contributed by atoms with Gasteiger partial charge in [0.05, 0.1) is 5.66 Å². The van der Waals surface area contributed by atoms with Crippen molar-refractivity contribution in [2.45, 2.75) is 117 Å². The molecule has 3 heteroatoms. The minimum Gasteiger partial charge on any atom is -0.286 e. The average molecular weight is 551 g/mol. The van der Waals surface area contributed by atoms with Gasteiger partial charge in [-0.05, 0) is 180 Å². The van der Waals surface area contributed by atoms with Crippen molar-refractivity contribution in [3.8, 4) is 0 Å². The highest BCUT2D eigenvalue weighted by Crippen LogP contribution is 2.70. The molecule has 2 nitrogen and oxygen atoms in total. The van der Waals surface area contributed by atoms with E-state index in [1.165, 1.54) is 81.9 Å². The van der Waals surface area contributed by atoms with Crippen LogP contribution in [0.5, 0.6) is 0 Å². The highest BCUT2D eigenvalue weighted by atomic mass is 28.4. The second kappa shape index (κ2) is 7.94. The number of hydrogen-bond acceptors (Lipinski definition) is 2. The molecule has 2 heterocycles. The number of piperidine rings is 1. The third kappa shape index (κ3) is 2.89. The van der Waals surface area contributed by atoms with Crippen molar-refractivity contribution < 1.29 is 0 Å². The molecule has 7 bridgehead atoms. The summed E-state index contributed by atoms with van der Waals surface area (Å²) in [5.41, 5.74) is 9.98. The first kappa shape index (κ1) is 25.1. The molecular weight excluding hydrogens is 501 g/mol. The Hall–Kier alpha value is -1.42. The van der Waals surface area contributed by atoms with E-state index in [0.717, 1.165) is 35.5 Å². The van der Waals surface area contributed by atoms with Crippen LogP contribution in [0.4, 0.5) is 0 Å². The summed E-state index contributed by atoms with van der Waals surface area (Å²) in [6, 6.07) is 10.2. The van der Waals surface area contributed by atoms with Gasteiger partial charge in [0.15, 0.2) is 0 Å². The van der Waals surface area contributed by atoms with Gasteiger partial charge in [-0.15, -0.1) is 0 Å². The minimum atomic E-state index is -2.44. The van der Waals surface area contributed by atoms with Gasteiger partial charge in [0.1, 0.15) is 0 Å². The number of nitrogens with zero attached hydrogens (tertiary/aromatic N) is 2. The Balaban J connectivity index is 1.39. The van der Waals surface area contributed by atoms with E-state index in [1.807, 2.05) is 0 Å². The lowest BCUT2D eigenvalue weighted by molar-refractivity contribution is -0.192. The van der Waals surface area contributed by atoms with E-state index >= 15 is 0 Å². The summed E-state index contributed by atoms with van der Waals surface area (Å²) >= 11 is 0. The summed E-state index contributed by atoms with van der Waals surface area (Å²) in [6.07, 6.45) is 15.1. The molecule has 2 aliphatic heterocycles. The predicted molar refractivity (Wildman–Crippen MR) is 167 cm³/mol. The molecule has 4 unspecified atom stereocenters. The molecule has 0 amide bonds. The van der Waals surface area contributed by atoms with Crippen LogP contribution < -0.4 is 10.4 Å². The lowest BCUT2D eigenvalue weighted by atomic mass is 9.52. The van der Waals surface area contributed by atoms with Crippen LogP contribution >= 0.6 is 0 Å². The second-order valence-electron chi connectivity index (χ2n) is 16.5. The van der Waals surface area contributed by atoms with Crippen LogP contribution in [0.2, 0.25) is 0 Å². The number of aryl methyl sites for hydroxylation is 6. The zero-order valence-corrected chi connectivity index (χ0v) is 26.9. The van der Waals surface area contributed by atoms with E-state index in [0.29, 0.717) is 11.2 Å². The van der Waals surface area contributed by atoms with Crippen LogP contribution in [0.25, 0.3) is 0 Å². The van der Waals surface area contributed by atoms with Crippen LogP contribution in [0, 0.1) is 77.0 Å². The highest BCUT2D eigenvalue weighted by molar-refractivity contribution is 7.01. The van der Waals surface area contributed by atoms with Crippen molar-refractivity contribution in [2.75, 3.05) is 6.54 Å². The van der Waals surface area contributed by atoms with Gasteiger partial charge in [0.2, 0.25) is 0 Å². The third-order valence-corrected chi connectivity index (χ3v) is 19.5. The standard InChI is InChI=1S/C37H50N2Si/c1-22-7-24(3)34(25(4)8-22)40(35-26(5)9-23(2)10-27(35)6)38-21-32-14-31-15-33(16-32)37(38,20-31)39(40)36-17-28-11-29(18-36)13-30(12-28)19-36/h7-10,28-33H,11-21H2,1-6H3. The zero-order valence-electron chi connectivity index (χ0n) is 25.9. The second-order valence-corrected chi connectivity index (χ2v) is 19.9. The fourth-order valence-corrected chi connectivity index (χ4v) is 21.1. The van der Waals surface area contributed by atoms with E-state index in [4.69, 9.17) is 0 Å². The smallest absolute Gasteiger partial charge is 0.277 e. The van der Waals surface area contributed by atoms with Crippen molar-refractivity contribution in [1.82, 2.24) is 9.13 Å². The van der Waals surface area contributed by atoms with Crippen LogP contribution in [0.3, 0.4) is 0 Å². The zero-order chi connectivity index (χ0) is 27.3. The van der Waals surface area contributed by atoms with Gasteiger partial charge in [-0.3, -0.25) is 9.13 Å². The maximum atomic E-state index is 3.54. The molecule has 4 atom stereocenters. The molecule has 0 N–H and O–H groups in total. The van der Waals surface area contributed by atoms with Crippen LogP contribution in [0.15, 0.2) is 24.3 Å². The van der Waals surface area contributed by atoms with E-state index in [2.05, 4.69) is 74.9 Å². The Morgan fingerprint density at radius 2 is 1.00 bits per heavy atom. The van der Waals surface area contributed by atoms with Gasteiger partial charge in [0, 0.05) is 5.54 Å². The number of fused-ring (bicyclic) bond motifs is 2. The Morgan fingerprint density at radius 3 is 1.50 bits per heavy atom. The van der Waals surface area contributed by atoms with Gasteiger partial charge < -0.3 is 0 Å². The number of rotatable bonds is 3. The number of hydrogen-bond donors (Lipinski definition) is 0. The molecular formula is C37H50N2Si. The summed E-state index contributed by atoms with van der Waals surface area (Å²) in [7, 11) is -2.44. The van der Waals surface area contributed by atoms with Gasteiger partial charge in [-0.2, -0.15) is 0 Å². The molecule has 6 saturated carbocycles. The van der Waals surface area contributed by atoms with E-state index in [1.54, 1.807) is 32.6 Å². The summed E-state index contributed by atoms with van der Waals surface area (Å²) in [6.45, 7) is 16.0. The van der Waals surface area contributed by atoms with Crippen molar-refractivity contribution in [2.24, 2.45) is 35.5 Å². The molecule has 8 fully saturated rings. The van der Waals surface area contributed by atoms with Crippen LogP contribution in [0.1, 0.15) is 97.6 Å². The fourth-order valence-electron chi connectivity index (χ4n) is 13.9. The Kier molecular flexibility index (Phi) is 4.98. The summed E-state index contributed by atoms with van der Waals surface area (Å²) < 4.78 is 6.89. The van der Waals surface area contributed by atoms with Gasteiger partial charge >= 0.3 is 0 Å². The molecule has 1 spiro atoms. The SMILES string of the molecule is Cc1cc(C)c([Si]2(c3c(C)cc(C)cc3C)N3CC4CC5CC(C4)C3(C5)N2C23CC4CC(CC(C4)C2)C3)c(C)c1. The third-order valence-electron chi connectivity index (χ3n) is 13.7. The van der Waals surface area contributed by atoms with Crippen molar-refractivity contribution in [3.05, 3.63) is 57.6 Å². The first-order chi connectivity index (χ1) is 19.1. The Morgan fingerprint density at radius 1 is 0.575 bits per heavy atom. The topological polar surface area (TPSA) is 6.48 Å². The monoisotopic (exact) mass is 550 g/mol. The lowest BCUT2D eigenvalue weighted by Crippen LogP contribution is -3.03. The molecule has 212 valence electrons. The molecule has 6 aliphatic carbocycles. The maximum Gasteiger partial charge on any atom is 0.277 e. The van der Waals surface area contributed by atoms with Gasteiger partial charge in [0.25, 0.3) is 8.40 Å². The quantitative estimate of drug-likeness (QED) is 0.387. The molecule has 2 saturated heterocycles. The van der Waals surface area contributed by atoms with Crippen molar-refractivity contribution in [3.63, 3.8) is 0 Å². The molecule has 8 aliphatic rings. The summed E-state index contributed by atoms with van der Waals surface area (Å²) in [5.74, 6) is 5.75. The van der Waals surface area contributed by atoms with Crippen LogP contribution in [-0.2, 0) is 0 Å². The van der Waals surface area contributed by atoms with Gasteiger partial charge in [-0.25, -0.2) is 0 Å². The normalized spacial score (nSPS) is 42.4. The summed E-state index contributed by atoms with van der Waals surface area (Å²) in [5, 5.41) is 3.58. The fraction of sp³-hybridized carbons (Fsp3) is 0.676. The van der Waals surface area contributed by atoms with E-state index in [9.17, 15) is 0 Å². The molecule has 10 rings (SSSR count). The molecule has 2 aromatic rings. The van der Waals surface area contributed by atoms with E-state index < -0.39 is 8.40 Å². The highest BCUT2D eigenvalue weighted by Gasteiger charge is 2.82. The maximum absolute atomic E-state index is 3.54. The van der Waals surface area contributed by atoms with Crippen molar-refractivity contribution >= 4 is 18.8 Å². The summed E-state index contributed by atoms with van der Waals surface area (Å²) in [4.78, 5) is 0. The average Bonchev–Trinajstić information content (AvgIpc) is 3.05. The van der Waals surface area contributed by atoms with E-state index in [-0.39, 0.29) is 0 Å². The molecule has 0 radical (unpaired) electrons. The Bertz CT molecular complexity index is 1300. The van der Waals surface area contributed by atoms with Gasteiger partial charge in [-0.1, -0.05) is 35.4 Å². The molecule has 0 aromatic heterocycles. The number of benzene rings is 2. The lowest BCUT2D eigenvalue weighted by Gasteiger charge is -2.82. The van der Waals surface area contributed by atoms with Crippen LogP contribution in [-0.4, -0.2) is 35.3 Å². The molecule has 40 heavy (non-hydrogen) atoms. The molecule has 2 aromatic carbocycles.